The van der Waals surface area contributed by atoms with E-state index in [0.29, 0.717) is 11.3 Å². The number of benzene rings is 1. The van der Waals surface area contributed by atoms with E-state index in [4.69, 9.17) is 0 Å². The summed E-state index contributed by atoms with van der Waals surface area (Å²) in [5.41, 5.74) is 3.03. The van der Waals surface area contributed by atoms with Crippen molar-refractivity contribution in [2.24, 2.45) is 0 Å². The topological polar surface area (TPSA) is 54.6 Å². The standard InChI is InChI=1S/C15H14N2O2S/c1-10-9-16-15-17(10)12(13(20-15)14(18)19)8-7-11-5-3-2-4-6-11/h2-6,9H,7-8H2,1H3,(H,18,19). The van der Waals surface area contributed by atoms with Crippen LogP contribution in [0.1, 0.15) is 26.6 Å². The number of aromatic nitrogens is 2. The summed E-state index contributed by atoms with van der Waals surface area (Å²) < 4.78 is 1.96. The molecule has 1 N–H and O–H groups in total. The highest BCUT2D eigenvalue weighted by atomic mass is 32.1. The maximum atomic E-state index is 11.4. The van der Waals surface area contributed by atoms with Crippen LogP contribution in [0, 0.1) is 6.92 Å². The van der Waals surface area contributed by atoms with Gasteiger partial charge in [0.25, 0.3) is 0 Å². The highest BCUT2D eigenvalue weighted by molar-refractivity contribution is 7.19. The first kappa shape index (κ1) is 12.9. The molecule has 5 heteroatoms. The molecule has 0 bridgehead atoms. The lowest BCUT2D eigenvalue weighted by atomic mass is 10.1. The van der Waals surface area contributed by atoms with Crippen LogP contribution in [0.15, 0.2) is 36.5 Å². The Balaban J connectivity index is 1.98. The fourth-order valence-corrected chi connectivity index (χ4v) is 3.40. The summed E-state index contributed by atoms with van der Waals surface area (Å²) in [7, 11) is 0. The van der Waals surface area contributed by atoms with E-state index in [2.05, 4.69) is 17.1 Å². The van der Waals surface area contributed by atoms with Gasteiger partial charge in [-0.15, -0.1) is 0 Å². The quantitative estimate of drug-likeness (QED) is 0.801. The van der Waals surface area contributed by atoms with Crippen molar-refractivity contribution in [3.63, 3.8) is 0 Å². The van der Waals surface area contributed by atoms with Crippen molar-refractivity contribution < 1.29 is 9.90 Å². The second-order valence-corrected chi connectivity index (χ2v) is 5.66. The van der Waals surface area contributed by atoms with Crippen LogP contribution in [0.4, 0.5) is 0 Å². The lowest BCUT2D eigenvalue weighted by Crippen LogP contribution is -2.04. The van der Waals surface area contributed by atoms with Crippen LogP contribution in [-0.4, -0.2) is 20.5 Å². The molecule has 0 fully saturated rings. The lowest BCUT2D eigenvalue weighted by Gasteiger charge is -2.04. The number of carboxylic acid groups (broad SMARTS) is 1. The van der Waals surface area contributed by atoms with E-state index in [1.807, 2.05) is 29.5 Å². The number of fused-ring (bicyclic) bond motifs is 1. The molecule has 20 heavy (non-hydrogen) atoms. The molecule has 2 aromatic heterocycles. The highest BCUT2D eigenvalue weighted by Crippen LogP contribution is 2.25. The number of aromatic carboxylic acids is 1. The molecule has 3 aromatic rings. The summed E-state index contributed by atoms with van der Waals surface area (Å²) in [6, 6.07) is 10.1. The third kappa shape index (κ3) is 2.20. The van der Waals surface area contributed by atoms with Gasteiger partial charge in [0.1, 0.15) is 4.88 Å². The number of imidazole rings is 1. The molecule has 0 spiro atoms. The maximum absolute atomic E-state index is 11.4. The Labute approximate surface area is 120 Å². The van der Waals surface area contributed by atoms with Crippen molar-refractivity contribution >= 4 is 22.3 Å². The smallest absolute Gasteiger partial charge is 0.347 e. The third-order valence-electron chi connectivity index (χ3n) is 3.32. The molecule has 0 radical (unpaired) electrons. The van der Waals surface area contributed by atoms with Gasteiger partial charge < -0.3 is 5.11 Å². The van der Waals surface area contributed by atoms with Crippen LogP contribution in [0.2, 0.25) is 0 Å². The molecule has 1 aromatic carbocycles. The molecule has 4 nitrogen and oxygen atoms in total. The molecule has 0 aliphatic carbocycles. The SMILES string of the molecule is Cc1cnc2sc(C(=O)O)c(CCc3ccccc3)n12. The van der Waals surface area contributed by atoms with E-state index in [1.54, 1.807) is 6.20 Å². The van der Waals surface area contributed by atoms with E-state index < -0.39 is 5.97 Å². The predicted molar refractivity (Wildman–Crippen MR) is 78.6 cm³/mol. The van der Waals surface area contributed by atoms with Gasteiger partial charge in [-0.25, -0.2) is 9.78 Å². The number of hydrogen-bond acceptors (Lipinski definition) is 3. The first-order valence-corrected chi connectivity index (χ1v) is 7.21. The zero-order chi connectivity index (χ0) is 14.1. The van der Waals surface area contributed by atoms with Gasteiger partial charge in [-0.2, -0.15) is 0 Å². The molecule has 0 amide bonds. The zero-order valence-electron chi connectivity index (χ0n) is 11.0. The molecule has 102 valence electrons. The molecule has 0 atom stereocenters. The zero-order valence-corrected chi connectivity index (χ0v) is 11.9. The van der Waals surface area contributed by atoms with Gasteiger partial charge in [0.2, 0.25) is 0 Å². The number of rotatable bonds is 4. The van der Waals surface area contributed by atoms with Crippen molar-refractivity contribution in [2.45, 2.75) is 19.8 Å². The van der Waals surface area contributed by atoms with E-state index >= 15 is 0 Å². The predicted octanol–water partition coefficient (Wildman–Crippen LogP) is 3.19. The van der Waals surface area contributed by atoms with Crippen molar-refractivity contribution in [1.82, 2.24) is 9.38 Å². The maximum Gasteiger partial charge on any atom is 0.347 e. The van der Waals surface area contributed by atoms with E-state index in [-0.39, 0.29) is 0 Å². The first-order chi connectivity index (χ1) is 9.66. The average molecular weight is 286 g/mol. The van der Waals surface area contributed by atoms with E-state index in [9.17, 15) is 9.90 Å². The van der Waals surface area contributed by atoms with E-state index in [1.165, 1.54) is 16.9 Å². The molecule has 0 saturated heterocycles. The highest BCUT2D eigenvalue weighted by Gasteiger charge is 2.19. The lowest BCUT2D eigenvalue weighted by molar-refractivity contribution is 0.0700. The Morgan fingerprint density at radius 3 is 2.75 bits per heavy atom. The summed E-state index contributed by atoms with van der Waals surface area (Å²) in [6.07, 6.45) is 3.30. The number of carbonyl (C=O) groups is 1. The van der Waals surface area contributed by atoms with Crippen LogP contribution in [0.5, 0.6) is 0 Å². The fraction of sp³-hybridized carbons (Fsp3) is 0.200. The van der Waals surface area contributed by atoms with Crippen LogP contribution < -0.4 is 0 Å². The minimum absolute atomic E-state index is 0.395. The van der Waals surface area contributed by atoms with Gasteiger partial charge in [0.15, 0.2) is 4.96 Å². The Morgan fingerprint density at radius 2 is 2.05 bits per heavy atom. The summed E-state index contributed by atoms with van der Waals surface area (Å²) in [6.45, 7) is 1.95. The monoisotopic (exact) mass is 286 g/mol. The molecule has 3 rings (SSSR count). The van der Waals surface area contributed by atoms with Gasteiger partial charge in [0, 0.05) is 11.9 Å². The Kier molecular flexibility index (Phi) is 3.28. The Morgan fingerprint density at radius 1 is 1.30 bits per heavy atom. The molecule has 0 aliphatic heterocycles. The van der Waals surface area contributed by atoms with Crippen LogP contribution >= 0.6 is 11.3 Å². The van der Waals surface area contributed by atoms with Gasteiger partial charge in [-0.3, -0.25) is 4.40 Å². The second-order valence-electron chi connectivity index (χ2n) is 4.69. The van der Waals surface area contributed by atoms with Crippen LogP contribution in [0.3, 0.4) is 0 Å². The molecule has 0 aliphatic rings. The van der Waals surface area contributed by atoms with Gasteiger partial charge >= 0.3 is 5.97 Å². The minimum Gasteiger partial charge on any atom is -0.477 e. The molecular weight excluding hydrogens is 272 g/mol. The van der Waals surface area contributed by atoms with Crippen molar-refractivity contribution in [1.29, 1.82) is 0 Å². The van der Waals surface area contributed by atoms with Crippen molar-refractivity contribution in [2.75, 3.05) is 0 Å². The molecular formula is C15H14N2O2S. The number of nitrogens with zero attached hydrogens (tertiary/aromatic N) is 2. The summed E-state index contributed by atoms with van der Waals surface area (Å²) in [5, 5.41) is 9.34. The number of thiazole rings is 1. The number of hydrogen-bond donors (Lipinski definition) is 1. The molecule has 2 heterocycles. The number of aryl methyl sites for hydroxylation is 3. The van der Waals surface area contributed by atoms with Crippen LogP contribution in [-0.2, 0) is 12.8 Å². The van der Waals surface area contributed by atoms with E-state index in [0.717, 1.165) is 22.8 Å². The van der Waals surface area contributed by atoms with Gasteiger partial charge in [-0.1, -0.05) is 41.7 Å². The normalized spacial score (nSPS) is 11.1. The second kappa shape index (κ2) is 5.09. The first-order valence-electron chi connectivity index (χ1n) is 6.40. The molecule has 0 saturated carbocycles. The third-order valence-corrected chi connectivity index (χ3v) is 4.40. The Hall–Kier alpha value is -2.14. The van der Waals surface area contributed by atoms with Gasteiger partial charge in [0.05, 0.1) is 5.69 Å². The van der Waals surface area contributed by atoms with Crippen LogP contribution in [0.25, 0.3) is 4.96 Å². The molecule has 0 unspecified atom stereocenters. The number of carboxylic acids is 1. The summed E-state index contributed by atoms with van der Waals surface area (Å²) in [5.74, 6) is -0.872. The largest absolute Gasteiger partial charge is 0.477 e. The van der Waals surface area contributed by atoms with Crippen molar-refractivity contribution in [3.8, 4) is 0 Å². The average Bonchev–Trinajstić information content (AvgIpc) is 2.98. The van der Waals surface area contributed by atoms with Gasteiger partial charge in [-0.05, 0) is 25.3 Å². The fourth-order valence-electron chi connectivity index (χ4n) is 2.37. The minimum atomic E-state index is -0.872. The summed E-state index contributed by atoms with van der Waals surface area (Å²) >= 11 is 1.24. The summed E-state index contributed by atoms with van der Waals surface area (Å²) in [4.78, 5) is 16.8. The van der Waals surface area contributed by atoms with Crippen molar-refractivity contribution in [3.05, 3.63) is 58.4 Å². The Bertz CT molecular complexity index is 759.